The van der Waals surface area contributed by atoms with Gasteiger partial charge in [-0.15, -0.1) is 0 Å². The minimum Gasteiger partial charge on any atom is -0.151 e. The Bertz CT molecular complexity index is 4490. The van der Waals surface area contributed by atoms with Gasteiger partial charge in [0, 0.05) is 66.8 Å². The molecule has 10 rings (SSSR count). The number of nitrogens with zero attached hydrogens (tertiary/aromatic N) is 6. The maximum absolute atomic E-state index is 4.68. The SMILES string of the molecule is Cc1cccc(C#Cc2cc(/N=N/c3ccccc3)cc(C#Cc3cc(C#Cc4cc(/N=N/c5ccccc5)cc(C#Cc5cc(C)cc(C)c5)c4C)cc(C#Cc4cc(/N=N/c5ccccc5)cc(C#Cc5cc(C)cc(C)c5)c4C)c3)c2C)c1. The van der Waals surface area contributed by atoms with Gasteiger partial charge in [-0.3, -0.25) is 0 Å². The summed E-state index contributed by atoms with van der Waals surface area (Å²) in [6.45, 7) is 16.5. The predicted molar refractivity (Wildman–Crippen MR) is 351 cm³/mol. The number of hydrogen-bond donors (Lipinski definition) is 0. The third-order valence-electron chi connectivity index (χ3n) is 13.7. The van der Waals surface area contributed by atoms with E-state index in [0.29, 0.717) is 33.8 Å². The van der Waals surface area contributed by atoms with E-state index in [9.17, 15) is 0 Å². The summed E-state index contributed by atoms with van der Waals surface area (Å²) in [6, 6.07) is 67.5. The third kappa shape index (κ3) is 16.1. The molecule has 0 amide bonds. The molecule has 0 aliphatic carbocycles. The molecule has 0 aliphatic heterocycles. The molecule has 0 bridgehead atoms. The summed E-state index contributed by atoms with van der Waals surface area (Å²) in [4.78, 5) is 0. The Morgan fingerprint density at radius 3 is 0.709 bits per heavy atom. The smallest absolute Gasteiger partial charge is 0.0882 e. The first-order chi connectivity index (χ1) is 41.8. The molecule has 0 aliphatic rings. The zero-order chi connectivity index (χ0) is 59.8. The Labute approximate surface area is 506 Å². The van der Waals surface area contributed by atoms with Crippen LogP contribution in [-0.2, 0) is 0 Å². The van der Waals surface area contributed by atoms with Crippen molar-refractivity contribution in [1.82, 2.24) is 0 Å². The number of azo groups is 3. The highest BCUT2D eigenvalue weighted by atomic mass is 15.1. The van der Waals surface area contributed by atoms with Gasteiger partial charge in [-0.05, 0) is 227 Å². The molecular weight excluding hydrogens is 1040 g/mol. The molecule has 0 radical (unpaired) electrons. The van der Waals surface area contributed by atoms with Gasteiger partial charge in [-0.1, -0.05) is 150 Å². The van der Waals surface area contributed by atoms with Crippen LogP contribution in [0.4, 0.5) is 34.1 Å². The van der Waals surface area contributed by atoms with E-state index < -0.39 is 0 Å². The molecule has 0 aromatic heterocycles. The molecule has 86 heavy (non-hydrogen) atoms. The van der Waals surface area contributed by atoms with E-state index in [1.165, 1.54) is 0 Å². The monoisotopic (exact) mass is 1100 g/mol. The fraction of sp³-hybridized carbons (Fsp3) is 0.100. The van der Waals surface area contributed by atoms with E-state index in [4.69, 9.17) is 0 Å². The van der Waals surface area contributed by atoms with Gasteiger partial charge in [0.15, 0.2) is 0 Å². The second-order valence-electron chi connectivity index (χ2n) is 21.0. The van der Waals surface area contributed by atoms with E-state index in [1.807, 2.05) is 178 Å². The summed E-state index contributed by atoms with van der Waals surface area (Å²) in [5.41, 5.74) is 22.1. The second-order valence-corrected chi connectivity index (χ2v) is 21.0. The van der Waals surface area contributed by atoms with Crippen molar-refractivity contribution < 1.29 is 0 Å². The molecule has 0 saturated carbocycles. The molecular formula is C80H58N6. The number of rotatable bonds is 6. The zero-order valence-electron chi connectivity index (χ0n) is 49.3. The van der Waals surface area contributed by atoms with Gasteiger partial charge in [-0.25, -0.2) is 0 Å². The first-order valence-corrected chi connectivity index (χ1v) is 28.2. The average Bonchev–Trinajstić information content (AvgIpc) is 3.47. The van der Waals surface area contributed by atoms with E-state index in [-0.39, 0.29) is 0 Å². The summed E-state index contributed by atoms with van der Waals surface area (Å²) < 4.78 is 0. The van der Waals surface area contributed by atoms with Crippen molar-refractivity contribution in [3.8, 4) is 71.0 Å². The zero-order valence-corrected chi connectivity index (χ0v) is 49.3. The molecule has 0 heterocycles. The summed E-state index contributed by atoms with van der Waals surface area (Å²) in [5, 5.41) is 27.7. The van der Waals surface area contributed by atoms with Crippen LogP contribution < -0.4 is 0 Å². The van der Waals surface area contributed by atoms with Gasteiger partial charge in [0.1, 0.15) is 0 Å². The Hall–Kier alpha value is -11.6. The topological polar surface area (TPSA) is 74.2 Å². The van der Waals surface area contributed by atoms with Crippen molar-refractivity contribution >= 4 is 34.1 Å². The van der Waals surface area contributed by atoms with Crippen LogP contribution in [0.1, 0.15) is 111 Å². The van der Waals surface area contributed by atoms with Gasteiger partial charge in [-0.2, -0.15) is 30.7 Å². The molecule has 10 aromatic carbocycles. The Morgan fingerprint density at radius 1 is 0.186 bits per heavy atom. The summed E-state index contributed by atoms with van der Waals surface area (Å²) >= 11 is 0. The quantitative estimate of drug-likeness (QED) is 0.118. The molecule has 0 N–H and O–H groups in total. The number of aryl methyl sites for hydroxylation is 5. The van der Waals surface area contributed by atoms with E-state index in [2.05, 4.69) is 185 Å². The molecule has 0 spiro atoms. The molecule has 6 heteroatoms. The van der Waals surface area contributed by atoms with Crippen molar-refractivity contribution in [3.05, 3.63) is 318 Å². The fourth-order valence-electron chi connectivity index (χ4n) is 9.38. The molecule has 0 fully saturated rings. The molecule has 408 valence electrons. The molecule has 10 aromatic rings. The maximum Gasteiger partial charge on any atom is 0.0882 e. The Morgan fingerprint density at radius 2 is 0.430 bits per heavy atom. The third-order valence-corrected chi connectivity index (χ3v) is 13.7. The summed E-state index contributed by atoms with van der Waals surface area (Å²) in [7, 11) is 0. The first kappa shape index (κ1) is 57.6. The number of hydrogen-bond acceptors (Lipinski definition) is 6. The Balaban J connectivity index is 1.12. The molecule has 0 atom stereocenters. The lowest BCUT2D eigenvalue weighted by molar-refractivity contribution is 1.22. The van der Waals surface area contributed by atoms with Gasteiger partial charge >= 0.3 is 0 Å². The van der Waals surface area contributed by atoms with E-state index in [1.54, 1.807) is 0 Å². The normalized spacial score (nSPS) is 10.6. The van der Waals surface area contributed by atoms with Gasteiger partial charge in [0.2, 0.25) is 0 Å². The van der Waals surface area contributed by atoms with Crippen molar-refractivity contribution in [3.63, 3.8) is 0 Å². The lowest BCUT2D eigenvalue weighted by Gasteiger charge is -2.06. The minimum absolute atomic E-state index is 0.626. The van der Waals surface area contributed by atoms with Crippen molar-refractivity contribution in [2.24, 2.45) is 30.7 Å². The van der Waals surface area contributed by atoms with E-state index in [0.717, 1.165) is 112 Å². The molecule has 0 unspecified atom stereocenters. The minimum atomic E-state index is 0.626. The summed E-state index contributed by atoms with van der Waals surface area (Å²) in [6.07, 6.45) is 0. The highest BCUT2D eigenvalue weighted by Crippen LogP contribution is 2.29. The number of benzene rings is 10. The van der Waals surface area contributed by atoms with Gasteiger partial charge in [0.05, 0.1) is 34.1 Å². The van der Waals surface area contributed by atoms with Crippen molar-refractivity contribution in [1.29, 1.82) is 0 Å². The van der Waals surface area contributed by atoms with Crippen LogP contribution in [0.5, 0.6) is 0 Å². The summed E-state index contributed by atoms with van der Waals surface area (Å²) in [5.74, 6) is 41.5. The van der Waals surface area contributed by atoms with Crippen molar-refractivity contribution in [2.75, 3.05) is 0 Å². The van der Waals surface area contributed by atoms with Crippen LogP contribution >= 0.6 is 0 Å². The Kier molecular flexibility index (Phi) is 18.4. The van der Waals surface area contributed by atoms with Gasteiger partial charge in [0.25, 0.3) is 0 Å². The predicted octanol–water partition coefficient (Wildman–Crippen LogP) is 19.8. The molecule has 0 saturated heterocycles. The largest absolute Gasteiger partial charge is 0.151 e. The van der Waals surface area contributed by atoms with Crippen molar-refractivity contribution in [2.45, 2.75) is 55.4 Å². The van der Waals surface area contributed by atoms with Crippen LogP contribution in [0.2, 0.25) is 0 Å². The molecule has 6 nitrogen and oxygen atoms in total. The highest BCUT2D eigenvalue weighted by Gasteiger charge is 2.10. The van der Waals surface area contributed by atoms with E-state index >= 15 is 0 Å². The fourth-order valence-corrected chi connectivity index (χ4v) is 9.38. The lowest BCUT2D eigenvalue weighted by atomic mass is 9.99. The lowest BCUT2D eigenvalue weighted by Crippen LogP contribution is -1.91. The first-order valence-electron chi connectivity index (χ1n) is 28.2. The standard InChI is InChI=1S/C80H58N6/c1-55-19-18-20-63(41-55)27-33-69-49-78(84-81-75-21-12-9-13-22-75)52-72(60(69)6)36-30-66-46-67(31-37-73-53-79(85-82-76-23-14-10-15-24-76)50-70(61(73)7)34-28-64-42-56(2)39-57(3)43-64)48-68(47-66)32-38-74-54-80(86-83-77-25-16-11-17-26-77)51-71(62(74)8)35-29-65-44-58(4)40-59(5)45-65/h9-26,39-54H,1-8H3/b84-81+,85-82+,86-83+. The van der Waals surface area contributed by atoms with Crippen LogP contribution in [-0.4, -0.2) is 0 Å². The highest BCUT2D eigenvalue weighted by molar-refractivity contribution is 5.66. The van der Waals surface area contributed by atoms with Crippen LogP contribution in [0, 0.1) is 126 Å². The van der Waals surface area contributed by atoms with Crippen LogP contribution in [0.25, 0.3) is 0 Å². The maximum atomic E-state index is 4.68. The average molecular weight is 1100 g/mol. The van der Waals surface area contributed by atoms with Crippen LogP contribution in [0.3, 0.4) is 0 Å². The van der Waals surface area contributed by atoms with Crippen LogP contribution in [0.15, 0.2) is 237 Å². The second kappa shape index (κ2) is 27.4. The van der Waals surface area contributed by atoms with Gasteiger partial charge < -0.3 is 0 Å².